The van der Waals surface area contributed by atoms with Gasteiger partial charge < -0.3 is 10.8 Å². The van der Waals surface area contributed by atoms with E-state index in [-0.39, 0.29) is 0 Å². The summed E-state index contributed by atoms with van der Waals surface area (Å²) >= 11 is 3.49. The van der Waals surface area contributed by atoms with Gasteiger partial charge in [0, 0.05) is 23.4 Å². The maximum Gasteiger partial charge on any atom is 0.150 e. The lowest BCUT2D eigenvalue weighted by Gasteiger charge is -2.20. The molecule has 0 aliphatic rings. The monoisotopic (exact) mass is 260 g/mol. The molecule has 0 aromatic carbocycles. The average molecular weight is 260 g/mol. The van der Waals surface area contributed by atoms with Gasteiger partial charge in [-0.2, -0.15) is 0 Å². The molecule has 0 aliphatic carbocycles. The van der Waals surface area contributed by atoms with Crippen molar-refractivity contribution in [1.82, 2.24) is 4.98 Å². The highest BCUT2D eigenvalue weighted by Gasteiger charge is 2.16. The number of thiazole rings is 1. The van der Waals surface area contributed by atoms with Crippen LogP contribution in [0.1, 0.15) is 31.9 Å². The fourth-order valence-electron chi connectivity index (χ4n) is 1.27. The molecule has 0 radical (unpaired) electrons. The van der Waals surface area contributed by atoms with E-state index >= 15 is 0 Å². The molecule has 0 spiro atoms. The Hall–Kier alpha value is -0.100. The molecule has 3 nitrogen and oxygen atoms in total. The molecule has 1 atom stereocenters. The van der Waals surface area contributed by atoms with Gasteiger partial charge in [-0.3, -0.25) is 0 Å². The van der Waals surface area contributed by atoms with E-state index in [1.165, 1.54) is 0 Å². The summed E-state index contributed by atoms with van der Waals surface area (Å²) in [7, 11) is 0. The van der Waals surface area contributed by atoms with Crippen molar-refractivity contribution in [2.75, 3.05) is 12.3 Å². The van der Waals surface area contributed by atoms with E-state index in [0.29, 0.717) is 6.54 Å². The Kier molecular flexibility index (Phi) is 5.75. The smallest absolute Gasteiger partial charge is 0.150 e. The van der Waals surface area contributed by atoms with Gasteiger partial charge in [0.15, 0.2) is 0 Å². The van der Waals surface area contributed by atoms with Crippen molar-refractivity contribution in [3.05, 3.63) is 11.1 Å². The second-order valence-electron chi connectivity index (χ2n) is 4.26. The third kappa shape index (κ3) is 5.30. The minimum absolute atomic E-state index is 0.339. The summed E-state index contributed by atoms with van der Waals surface area (Å²) in [5, 5.41) is 11.8. The molecule has 92 valence electrons. The molecule has 0 saturated heterocycles. The minimum Gasteiger partial charge on any atom is -0.389 e. The van der Waals surface area contributed by atoms with E-state index in [0.717, 1.165) is 35.0 Å². The number of aromatic nitrogens is 1. The first-order chi connectivity index (χ1) is 7.53. The molecule has 1 aromatic heterocycles. The first-order valence-electron chi connectivity index (χ1n) is 5.51. The molecule has 3 N–H and O–H groups in total. The van der Waals surface area contributed by atoms with Crippen molar-refractivity contribution in [1.29, 1.82) is 0 Å². The number of nitrogens with zero attached hydrogens (tertiary/aromatic N) is 1. The summed E-state index contributed by atoms with van der Waals surface area (Å²) in [6, 6.07) is 0. The number of hydrogen-bond acceptors (Lipinski definition) is 5. The van der Waals surface area contributed by atoms with Gasteiger partial charge in [0.05, 0.1) is 5.60 Å². The second-order valence-corrected chi connectivity index (χ2v) is 6.46. The van der Waals surface area contributed by atoms with Crippen molar-refractivity contribution in [3.8, 4) is 0 Å². The zero-order chi connectivity index (χ0) is 12.0. The maximum atomic E-state index is 9.70. The number of nitrogens with two attached hydrogens (primary N) is 1. The van der Waals surface area contributed by atoms with Crippen LogP contribution in [0.15, 0.2) is 9.72 Å². The normalized spacial score (nSPS) is 15.0. The summed E-state index contributed by atoms with van der Waals surface area (Å²) < 4.78 is 1.14. The van der Waals surface area contributed by atoms with Crippen molar-refractivity contribution < 1.29 is 5.11 Å². The van der Waals surface area contributed by atoms with Gasteiger partial charge in [-0.15, -0.1) is 11.3 Å². The molecular formula is C11H20N2OS2. The van der Waals surface area contributed by atoms with Crippen LogP contribution in [-0.2, 0) is 0 Å². The zero-order valence-corrected chi connectivity index (χ0v) is 11.5. The summed E-state index contributed by atoms with van der Waals surface area (Å²) in [6.07, 6.45) is 2.89. The first-order valence-corrected chi connectivity index (χ1v) is 7.37. The Morgan fingerprint density at radius 1 is 1.56 bits per heavy atom. The molecule has 1 heterocycles. The quantitative estimate of drug-likeness (QED) is 0.584. The van der Waals surface area contributed by atoms with Crippen LogP contribution in [0.2, 0.25) is 0 Å². The van der Waals surface area contributed by atoms with Gasteiger partial charge >= 0.3 is 0 Å². The standard InChI is InChI=1S/C11H20N2OS2/c1-9-7-16-10(13-9)15-6-4-3-5-11(2,14)8-12/h7,14H,3-6,8,12H2,1-2H3. The van der Waals surface area contributed by atoms with Crippen LogP contribution in [0.5, 0.6) is 0 Å². The number of aliphatic hydroxyl groups is 1. The van der Waals surface area contributed by atoms with Crippen LogP contribution < -0.4 is 5.73 Å². The summed E-state index contributed by atoms with van der Waals surface area (Å²) in [5.41, 5.74) is 5.86. The molecule has 0 saturated carbocycles. The molecule has 5 heteroatoms. The topological polar surface area (TPSA) is 59.1 Å². The van der Waals surface area contributed by atoms with E-state index in [1.54, 1.807) is 30.0 Å². The Balaban J connectivity index is 2.08. The van der Waals surface area contributed by atoms with E-state index in [1.807, 2.05) is 6.92 Å². The highest BCUT2D eigenvalue weighted by molar-refractivity contribution is 8.00. The SMILES string of the molecule is Cc1csc(SCCCCC(C)(O)CN)n1. The molecule has 1 aromatic rings. The third-order valence-corrected chi connectivity index (χ3v) is 4.60. The Bertz CT molecular complexity index is 313. The van der Waals surface area contributed by atoms with Crippen molar-refractivity contribution >= 4 is 23.1 Å². The third-order valence-electron chi connectivity index (χ3n) is 2.37. The lowest BCUT2D eigenvalue weighted by molar-refractivity contribution is 0.0577. The Labute approximate surface area is 105 Å². The number of thioether (sulfide) groups is 1. The van der Waals surface area contributed by atoms with Crippen LogP contribution in [-0.4, -0.2) is 28.0 Å². The number of unbranched alkanes of at least 4 members (excludes halogenated alkanes) is 1. The molecule has 0 aliphatic heterocycles. The summed E-state index contributed by atoms with van der Waals surface area (Å²) in [6.45, 7) is 4.15. The largest absolute Gasteiger partial charge is 0.389 e. The van der Waals surface area contributed by atoms with E-state index in [2.05, 4.69) is 10.4 Å². The van der Waals surface area contributed by atoms with Gasteiger partial charge in [-0.25, -0.2) is 4.98 Å². The van der Waals surface area contributed by atoms with Gasteiger partial charge in [0.1, 0.15) is 4.34 Å². The minimum atomic E-state index is -0.692. The van der Waals surface area contributed by atoms with Gasteiger partial charge in [0.2, 0.25) is 0 Å². The zero-order valence-electron chi connectivity index (χ0n) is 9.90. The van der Waals surface area contributed by atoms with Crippen LogP contribution >= 0.6 is 23.1 Å². The molecule has 16 heavy (non-hydrogen) atoms. The predicted molar refractivity (Wildman–Crippen MR) is 71.1 cm³/mol. The molecule has 0 amide bonds. The Morgan fingerprint density at radius 3 is 2.88 bits per heavy atom. The van der Waals surface area contributed by atoms with Crippen LogP contribution in [0, 0.1) is 6.92 Å². The second kappa shape index (κ2) is 6.59. The average Bonchev–Trinajstić information content (AvgIpc) is 2.64. The van der Waals surface area contributed by atoms with Gasteiger partial charge in [-0.1, -0.05) is 11.8 Å². The summed E-state index contributed by atoms with van der Waals surface area (Å²) in [5.74, 6) is 1.06. The van der Waals surface area contributed by atoms with Crippen LogP contribution in [0.25, 0.3) is 0 Å². The molecule has 0 bridgehead atoms. The Morgan fingerprint density at radius 2 is 2.31 bits per heavy atom. The molecule has 0 fully saturated rings. The number of hydrogen-bond donors (Lipinski definition) is 2. The highest BCUT2D eigenvalue weighted by atomic mass is 32.2. The first kappa shape index (κ1) is 14.0. The maximum absolute atomic E-state index is 9.70. The van der Waals surface area contributed by atoms with Gasteiger partial charge in [-0.05, 0) is 33.1 Å². The highest BCUT2D eigenvalue weighted by Crippen LogP contribution is 2.24. The van der Waals surface area contributed by atoms with E-state index < -0.39 is 5.60 Å². The van der Waals surface area contributed by atoms with Gasteiger partial charge in [0.25, 0.3) is 0 Å². The number of aryl methyl sites for hydroxylation is 1. The van der Waals surface area contributed by atoms with Crippen molar-refractivity contribution in [2.24, 2.45) is 5.73 Å². The van der Waals surface area contributed by atoms with E-state index in [4.69, 9.17) is 5.73 Å². The van der Waals surface area contributed by atoms with Crippen molar-refractivity contribution in [3.63, 3.8) is 0 Å². The van der Waals surface area contributed by atoms with Crippen LogP contribution in [0.3, 0.4) is 0 Å². The predicted octanol–water partition coefficient (Wildman–Crippen LogP) is 2.42. The lowest BCUT2D eigenvalue weighted by Crippen LogP contribution is -2.33. The summed E-state index contributed by atoms with van der Waals surface area (Å²) in [4.78, 5) is 4.39. The van der Waals surface area contributed by atoms with E-state index in [9.17, 15) is 5.11 Å². The fraction of sp³-hybridized carbons (Fsp3) is 0.727. The lowest BCUT2D eigenvalue weighted by atomic mass is 10.00. The molecular weight excluding hydrogens is 240 g/mol. The fourth-order valence-corrected chi connectivity index (χ4v) is 3.19. The van der Waals surface area contributed by atoms with Crippen molar-refractivity contribution in [2.45, 2.75) is 43.1 Å². The molecule has 1 rings (SSSR count). The number of rotatable bonds is 7. The molecule has 1 unspecified atom stereocenters. The van der Waals surface area contributed by atoms with Crippen LogP contribution in [0.4, 0.5) is 0 Å².